The van der Waals surface area contributed by atoms with E-state index in [2.05, 4.69) is 25.3 Å². The lowest BCUT2D eigenvalue weighted by Crippen LogP contribution is -2.21. The summed E-state index contributed by atoms with van der Waals surface area (Å²) in [6.07, 6.45) is -4.75. The molecule has 3 rings (SSSR count). The second kappa shape index (κ2) is 9.77. The van der Waals surface area contributed by atoms with Crippen LogP contribution in [0.5, 0.6) is 5.75 Å². The maximum absolute atomic E-state index is 12.6. The highest BCUT2D eigenvalue weighted by Gasteiger charge is 2.31. The highest BCUT2D eigenvalue weighted by molar-refractivity contribution is 7.09. The molecule has 0 aliphatic heterocycles. The molecule has 2 N–H and O–H groups in total. The molecule has 160 valence electrons. The number of rotatable bonds is 9. The first kappa shape index (κ1) is 21.8. The summed E-state index contributed by atoms with van der Waals surface area (Å²) >= 11 is 1.62. The smallest absolute Gasteiger partial charge is 0.406 e. The van der Waals surface area contributed by atoms with E-state index in [0.29, 0.717) is 36.1 Å². The predicted molar refractivity (Wildman–Crippen MR) is 113 cm³/mol. The summed E-state index contributed by atoms with van der Waals surface area (Å²) < 4.78 is 41.8. The minimum atomic E-state index is -4.75. The molecule has 0 saturated heterocycles. The Kier molecular flexibility index (Phi) is 7.11. The topological polar surface area (TPSA) is 62.3 Å². The molecule has 2 aromatic heterocycles. The van der Waals surface area contributed by atoms with E-state index in [1.165, 1.54) is 18.2 Å². The van der Waals surface area contributed by atoms with Gasteiger partial charge in [-0.3, -0.25) is 0 Å². The van der Waals surface area contributed by atoms with Gasteiger partial charge in [0.05, 0.1) is 12.2 Å². The third kappa shape index (κ3) is 6.89. The van der Waals surface area contributed by atoms with Crippen LogP contribution in [-0.4, -0.2) is 48.4 Å². The number of thiophene rings is 1. The number of aromatic nitrogens is 2. The summed E-state index contributed by atoms with van der Waals surface area (Å²) in [5, 5.41) is 8.40. The van der Waals surface area contributed by atoms with E-state index < -0.39 is 6.36 Å². The van der Waals surface area contributed by atoms with Gasteiger partial charge < -0.3 is 20.3 Å². The highest BCUT2D eigenvalue weighted by atomic mass is 32.1. The van der Waals surface area contributed by atoms with E-state index in [9.17, 15) is 13.2 Å². The van der Waals surface area contributed by atoms with Crippen molar-refractivity contribution in [3.05, 3.63) is 52.7 Å². The van der Waals surface area contributed by atoms with Gasteiger partial charge in [0, 0.05) is 29.6 Å². The predicted octanol–water partition coefficient (Wildman–Crippen LogP) is 4.69. The second-order valence-electron chi connectivity index (χ2n) is 6.70. The van der Waals surface area contributed by atoms with Gasteiger partial charge in [-0.2, -0.15) is 4.98 Å². The van der Waals surface area contributed by atoms with Crippen LogP contribution in [-0.2, 0) is 6.54 Å². The number of likely N-dealkylation sites (N-methyl/N-ethyl adjacent to an activating group) is 1. The summed E-state index contributed by atoms with van der Waals surface area (Å²) in [7, 11) is 3.91. The molecular weight excluding hydrogens is 415 g/mol. The van der Waals surface area contributed by atoms with E-state index >= 15 is 0 Å². The minimum Gasteiger partial charge on any atom is -0.406 e. The van der Waals surface area contributed by atoms with E-state index in [4.69, 9.17) is 0 Å². The number of anilines is 2. The van der Waals surface area contributed by atoms with Crippen LogP contribution in [0.3, 0.4) is 0 Å². The largest absolute Gasteiger partial charge is 0.573 e. The van der Waals surface area contributed by atoms with Crippen LogP contribution >= 0.6 is 11.3 Å². The Hall–Kier alpha value is -2.85. The molecule has 0 aliphatic carbocycles. The van der Waals surface area contributed by atoms with Crippen molar-refractivity contribution in [2.45, 2.75) is 12.9 Å². The number of nitrogens with zero attached hydrogens (tertiary/aromatic N) is 3. The lowest BCUT2D eigenvalue weighted by Gasteiger charge is -2.14. The van der Waals surface area contributed by atoms with Gasteiger partial charge in [0.15, 0.2) is 0 Å². The lowest BCUT2D eigenvalue weighted by atomic mass is 10.1. The molecule has 6 nitrogen and oxygen atoms in total. The fourth-order valence-electron chi connectivity index (χ4n) is 2.60. The van der Waals surface area contributed by atoms with Gasteiger partial charge in [-0.15, -0.1) is 24.5 Å². The van der Waals surface area contributed by atoms with Gasteiger partial charge >= 0.3 is 6.36 Å². The average molecular weight is 437 g/mol. The summed E-state index contributed by atoms with van der Waals surface area (Å²) in [4.78, 5) is 12.1. The van der Waals surface area contributed by atoms with Crippen molar-refractivity contribution in [2.24, 2.45) is 0 Å². The summed E-state index contributed by atoms with van der Waals surface area (Å²) in [5.41, 5.74) is 0.979. The summed E-state index contributed by atoms with van der Waals surface area (Å²) in [6, 6.07) is 11.4. The Labute approximate surface area is 176 Å². The van der Waals surface area contributed by atoms with Crippen molar-refractivity contribution in [1.82, 2.24) is 14.9 Å². The number of hydrogen-bond donors (Lipinski definition) is 2. The zero-order valence-electron chi connectivity index (χ0n) is 16.5. The molecule has 1 aromatic carbocycles. The van der Waals surface area contributed by atoms with Crippen LogP contribution in [0.4, 0.5) is 24.9 Å². The Morgan fingerprint density at radius 3 is 2.60 bits per heavy atom. The Bertz CT molecular complexity index is 948. The molecule has 0 amide bonds. The Morgan fingerprint density at radius 1 is 1.07 bits per heavy atom. The molecule has 0 atom stereocenters. The normalized spacial score (nSPS) is 11.5. The number of ether oxygens (including phenoxy) is 1. The van der Waals surface area contributed by atoms with Crippen molar-refractivity contribution in [3.63, 3.8) is 0 Å². The molecule has 0 spiro atoms. The maximum atomic E-state index is 12.6. The average Bonchev–Trinajstić information content (AvgIpc) is 3.18. The molecule has 10 heteroatoms. The highest BCUT2D eigenvalue weighted by Crippen LogP contribution is 2.28. The van der Waals surface area contributed by atoms with Gasteiger partial charge in [0.1, 0.15) is 11.6 Å². The zero-order valence-corrected chi connectivity index (χ0v) is 17.3. The Balaban J connectivity index is 1.85. The number of alkyl halides is 3. The second-order valence-corrected chi connectivity index (χ2v) is 7.73. The van der Waals surface area contributed by atoms with Crippen molar-refractivity contribution >= 4 is 23.1 Å². The quantitative estimate of drug-likeness (QED) is 0.507. The molecule has 3 aromatic rings. The van der Waals surface area contributed by atoms with Crippen molar-refractivity contribution in [1.29, 1.82) is 0 Å². The van der Waals surface area contributed by atoms with Gasteiger partial charge in [-0.05, 0) is 37.7 Å². The number of benzene rings is 1. The van der Waals surface area contributed by atoms with Gasteiger partial charge in [0.2, 0.25) is 5.95 Å². The van der Waals surface area contributed by atoms with Crippen molar-refractivity contribution < 1.29 is 17.9 Å². The van der Waals surface area contributed by atoms with Crippen LogP contribution in [0.1, 0.15) is 4.88 Å². The van der Waals surface area contributed by atoms with Crippen LogP contribution in [0, 0.1) is 0 Å². The fourth-order valence-corrected chi connectivity index (χ4v) is 3.24. The van der Waals surface area contributed by atoms with Crippen LogP contribution < -0.4 is 15.4 Å². The van der Waals surface area contributed by atoms with Gasteiger partial charge in [-0.25, -0.2) is 4.98 Å². The van der Waals surface area contributed by atoms with Crippen LogP contribution in [0.25, 0.3) is 11.3 Å². The van der Waals surface area contributed by atoms with Crippen molar-refractivity contribution in [2.75, 3.05) is 37.8 Å². The summed E-state index contributed by atoms with van der Waals surface area (Å²) in [6.45, 7) is 1.99. The first-order valence-electron chi connectivity index (χ1n) is 9.18. The third-order valence-corrected chi connectivity index (χ3v) is 4.83. The number of nitrogens with one attached hydrogen (secondary N) is 2. The molecule has 0 bridgehead atoms. The van der Waals surface area contributed by atoms with E-state index in [1.807, 2.05) is 36.5 Å². The number of halogens is 3. The molecular formula is C20H22F3N5OS. The van der Waals surface area contributed by atoms with Crippen molar-refractivity contribution in [3.8, 4) is 17.0 Å². The molecule has 0 aliphatic rings. The molecule has 0 unspecified atom stereocenters. The maximum Gasteiger partial charge on any atom is 0.573 e. The summed E-state index contributed by atoms with van der Waals surface area (Å²) in [5.74, 6) is 0.668. The first-order valence-corrected chi connectivity index (χ1v) is 10.1. The van der Waals surface area contributed by atoms with E-state index in [1.54, 1.807) is 23.5 Å². The van der Waals surface area contributed by atoms with E-state index in [0.717, 1.165) is 11.4 Å². The monoisotopic (exact) mass is 437 g/mol. The fraction of sp³-hybridized carbons (Fsp3) is 0.300. The van der Waals surface area contributed by atoms with E-state index in [-0.39, 0.29) is 5.75 Å². The SMILES string of the molecule is CN(C)CCNc1nc(NCc2cccs2)cc(-c2cccc(OC(F)(F)F)c2)n1. The zero-order chi connectivity index (χ0) is 21.6. The molecule has 0 saturated carbocycles. The molecule has 30 heavy (non-hydrogen) atoms. The molecule has 0 radical (unpaired) electrons. The third-order valence-electron chi connectivity index (χ3n) is 3.96. The van der Waals surface area contributed by atoms with Crippen LogP contribution in [0.15, 0.2) is 47.8 Å². The number of hydrogen-bond acceptors (Lipinski definition) is 7. The van der Waals surface area contributed by atoms with Gasteiger partial charge in [0.25, 0.3) is 0 Å². The molecule has 2 heterocycles. The first-order chi connectivity index (χ1) is 14.3. The Morgan fingerprint density at radius 2 is 1.90 bits per heavy atom. The molecule has 0 fully saturated rings. The minimum absolute atomic E-state index is 0.297. The standard InChI is InChI=1S/C20H22F3N5OS/c1-28(2)9-8-24-19-26-17(12-18(27-19)25-13-16-7-4-10-30-16)14-5-3-6-15(11-14)29-20(21,22)23/h3-7,10-12H,8-9,13H2,1-2H3,(H2,24,25,26,27). The van der Waals surface area contributed by atoms with Gasteiger partial charge in [-0.1, -0.05) is 18.2 Å². The van der Waals surface area contributed by atoms with Crippen LogP contribution in [0.2, 0.25) is 0 Å². The lowest BCUT2D eigenvalue weighted by molar-refractivity contribution is -0.274.